The number of fused-ring (bicyclic) bond motifs is 1. The lowest BCUT2D eigenvalue weighted by molar-refractivity contribution is 0.141. The van der Waals surface area contributed by atoms with E-state index in [-0.39, 0.29) is 6.04 Å². The van der Waals surface area contributed by atoms with Crippen molar-refractivity contribution in [3.63, 3.8) is 0 Å². The Kier molecular flexibility index (Phi) is 8.63. The maximum Gasteiger partial charge on any atom is 0.243 e. The van der Waals surface area contributed by atoms with Gasteiger partial charge < -0.3 is 10.1 Å². The predicted molar refractivity (Wildman–Crippen MR) is 160 cm³/mol. The van der Waals surface area contributed by atoms with Gasteiger partial charge in [0, 0.05) is 37.3 Å². The van der Waals surface area contributed by atoms with E-state index in [1.54, 1.807) is 28.6 Å². The number of nitrogens with one attached hydrogen (secondary N) is 1. The second-order valence-electron chi connectivity index (χ2n) is 10.2. The molecule has 0 radical (unpaired) electrons. The van der Waals surface area contributed by atoms with Crippen LogP contribution in [0.5, 0.6) is 5.75 Å². The summed E-state index contributed by atoms with van der Waals surface area (Å²) < 4.78 is 33.9. The Morgan fingerprint density at radius 1 is 0.925 bits per heavy atom. The molecule has 8 nitrogen and oxygen atoms in total. The average Bonchev–Trinajstić information content (AvgIpc) is 2.98. The second-order valence-corrected chi connectivity index (χ2v) is 12.2. The van der Waals surface area contributed by atoms with E-state index < -0.39 is 10.0 Å². The minimum absolute atomic E-state index is 0.0763. The Morgan fingerprint density at radius 2 is 1.62 bits per heavy atom. The van der Waals surface area contributed by atoms with Gasteiger partial charge in [-0.3, -0.25) is 4.90 Å². The Balaban J connectivity index is 1.28. The van der Waals surface area contributed by atoms with Gasteiger partial charge in [0.1, 0.15) is 17.4 Å². The van der Waals surface area contributed by atoms with E-state index in [1.165, 1.54) is 5.56 Å². The van der Waals surface area contributed by atoms with Gasteiger partial charge in [0.25, 0.3) is 0 Å². The molecule has 0 saturated carbocycles. The van der Waals surface area contributed by atoms with Crippen LogP contribution in [0.2, 0.25) is 0 Å². The topological polar surface area (TPSA) is 87.7 Å². The van der Waals surface area contributed by atoms with E-state index in [0.29, 0.717) is 49.3 Å². The van der Waals surface area contributed by atoms with E-state index in [2.05, 4.69) is 43.1 Å². The number of rotatable bonds is 10. The molecule has 0 spiro atoms. The van der Waals surface area contributed by atoms with Gasteiger partial charge in [-0.1, -0.05) is 43.2 Å². The first kappa shape index (κ1) is 28.0. The minimum Gasteiger partial charge on any atom is -0.494 e. The zero-order valence-corrected chi connectivity index (χ0v) is 24.2. The summed E-state index contributed by atoms with van der Waals surface area (Å²) in [6.07, 6.45) is 2.02. The number of ether oxygens (including phenoxy) is 1. The fraction of sp³-hybridized carbons (Fsp3) is 0.355. The highest BCUT2D eigenvalue weighted by atomic mass is 32.2. The lowest BCUT2D eigenvalue weighted by Crippen LogP contribution is -2.49. The predicted octanol–water partition coefficient (Wildman–Crippen LogP) is 5.93. The summed E-state index contributed by atoms with van der Waals surface area (Å²) in [4.78, 5) is 12.4. The molecule has 1 fully saturated rings. The third kappa shape index (κ3) is 6.27. The Labute approximate surface area is 237 Å². The number of aryl methyl sites for hydroxylation is 1. The summed E-state index contributed by atoms with van der Waals surface area (Å²) >= 11 is 0. The minimum atomic E-state index is -3.58. The average molecular weight is 560 g/mol. The number of nitrogens with zero attached hydrogens (tertiary/aromatic N) is 4. The van der Waals surface area contributed by atoms with Crippen LogP contribution in [0.1, 0.15) is 44.1 Å². The van der Waals surface area contributed by atoms with E-state index in [4.69, 9.17) is 14.7 Å². The number of aromatic nitrogens is 2. The molecule has 210 valence electrons. The van der Waals surface area contributed by atoms with Gasteiger partial charge in [-0.15, -0.1) is 0 Å². The number of anilines is 2. The molecule has 1 N–H and O–H groups in total. The van der Waals surface area contributed by atoms with Crippen molar-refractivity contribution in [1.29, 1.82) is 0 Å². The molecule has 0 amide bonds. The van der Waals surface area contributed by atoms with Crippen molar-refractivity contribution < 1.29 is 13.2 Å². The summed E-state index contributed by atoms with van der Waals surface area (Å²) in [5, 5.41) is 4.42. The monoisotopic (exact) mass is 559 g/mol. The number of piperazine rings is 1. The molecule has 40 heavy (non-hydrogen) atoms. The van der Waals surface area contributed by atoms with Crippen molar-refractivity contribution in [2.24, 2.45) is 0 Å². The molecular weight excluding hydrogens is 522 g/mol. The molecule has 3 aromatic carbocycles. The SMILES string of the molecule is CCCCOc1ccc(S(=O)(=O)N2CCN([C@H](C)c3nc(Nc4ccc(C)cc4)c4ccccc4n3)CC2)cc1. The zero-order chi connectivity index (χ0) is 28.1. The van der Waals surface area contributed by atoms with Crippen LogP contribution in [0, 0.1) is 6.92 Å². The first-order valence-corrected chi connectivity index (χ1v) is 15.4. The Bertz CT molecular complexity index is 1530. The smallest absolute Gasteiger partial charge is 0.243 e. The standard InChI is InChI=1S/C31H37N5O3S/c1-4-5-22-39-26-14-16-27(17-15-26)40(37,38)36-20-18-35(19-21-36)24(3)30-33-29-9-7-6-8-28(29)31(34-30)32-25-12-10-23(2)11-13-25/h6-17,24H,4-5,18-22H2,1-3H3,(H,32,33,34)/t24-/m1/s1. The number of benzene rings is 3. The van der Waals surface area contributed by atoms with E-state index in [1.807, 2.05) is 36.4 Å². The van der Waals surface area contributed by atoms with Crippen molar-refractivity contribution in [1.82, 2.24) is 19.2 Å². The normalized spacial score (nSPS) is 15.7. The Hall–Kier alpha value is -3.53. The molecule has 2 heterocycles. The fourth-order valence-corrected chi connectivity index (χ4v) is 6.26. The highest BCUT2D eigenvalue weighted by Gasteiger charge is 2.31. The fourth-order valence-electron chi connectivity index (χ4n) is 4.84. The number of hydrogen-bond donors (Lipinski definition) is 1. The van der Waals surface area contributed by atoms with Crippen molar-refractivity contribution in [2.45, 2.75) is 44.6 Å². The van der Waals surface area contributed by atoms with Gasteiger partial charge in [-0.05, 0) is 68.8 Å². The molecule has 0 bridgehead atoms. The van der Waals surface area contributed by atoms with E-state index >= 15 is 0 Å². The first-order valence-electron chi connectivity index (χ1n) is 13.9. The molecule has 1 atom stereocenters. The van der Waals surface area contributed by atoms with Crippen molar-refractivity contribution in [3.05, 3.63) is 84.2 Å². The lowest BCUT2D eigenvalue weighted by atomic mass is 10.2. The van der Waals surface area contributed by atoms with Crippen LogP contribution in [0.15, 0.2) is 77.7 Å². The third-order valence-electron chi connectivity index (χ3n) is 7.36. The summed E-state index contributed by atoms with van der Waals surface area (Å²) in [5.74, 6) is 2.17. The molecule has 1 aliphatic rings. The molecule has 1 saturated heterocycles. The van der Waals surface area contributed by atoms with Gasteiger partial charge >= 0.3 is 0 Å². The molecule has 5 rings (SSSR count). The highest BCUT2D eigenvalue weighted by molar-refractivity contribution is 7.89. The zero-order valence-electron chi connectivity index (χ0n) is 23.4. The first-order chi connectivity index (χ1) is 19.3. The van der Waals surface area contributed by atoms with Crippen molar-refractivity contribution in [3.8, 4) is 5.75 Å². The quantitative estimate of drug-likeness (QED) is 0.241. The molecule has 4 aromatic rings. The molecule has 1 aliphatic heterocycles. The number of sulfonamides is 1. The second kappa shape index (κ2) is 12.3. The van der Waals surface area contributed by atoms with Crippen LogP contribution in [-0.2, 0) is 10.0 Å². The van der Waals surface area contributed by atoms with E-state index in [9.17, 15) is 8.42 Å². The largest absolute Gasteiger partial charge is 0.494 e. The van der Waals surface area contributed by atoms with Crippen molar-refractivity contribution >= 4 is 32.4 Å². The number of unbranched alkanes of at least 4 members (excludes halogenated alkanes) is 1. The molecule has 9 heteroatoms. The maximum absolute atomic E-state index is 13.3. The molecule has 1 aromatic heterocycles. The number of para-hydroxylation sites is 1. The molecule has 0 unspecified atom stereocenters. The molecular formula is C31H37N5O3S. The van der Waals surface area contributed by atoms with Gasteiger partial charge in [-0.2, -0.15) is 4.31 Å². The summed E-state index contributed by atoms with van der Waals surface area (Å²) in [7, 11) is -3.58. The van der Waals surface area contributed by atoms with E-state index in [0.717, 1.165) is 35.2 Å². The third-order valence-corrected chi connectivity index (χ3v) is 9.27. The van der Waals surface area contributed by atoms with Crippen LogP contribution in [-0.4, -0.2) is 60.4 Å². The number of hydrogen-bond acceptors (Lipinski definition) is 7. The van der Waals surface area contributed by atoms with Crippen LogP contribution in [0.4, 0.5) is 11.5 Å². The highest BCUT2D eigenvalue weighted by Crippen LogP contribution is 2.29. The van der Waals surface area contributed by atoms with Crippen LogP contribution in [0.25, 0.3) is 10.9 Å². The summed E-state index contributed by atoms with van der Waals surface area (Å²) in [6, 6.07) is 22.9. The van der Waals surface area contributed by atoms with Gasteiger partial charge in [0.15, 0.2) is 0 Å². The molecule has 0 aliphatic carbocycles. The summed E-state index contributed by atoms with van der Waals surface area (Å²) in [6.45, 7) is 8.89. The van der Waals surface area contributed by atoms with Crippen LogP contribution in [0.3, 0.4) is 0 Å². The van der Waals surface area contributed by atoms with Crippen LogP contribution < -0.4 is 10.1 Å². The van der Waals surface area contributed by atoms with Crippen molar-refractivity contribution in [2.75, 3.05) is 38.1 Å². The van der Waals surface area contributed by atoms with Gasteiger partial charge in [0.2, 0.25) is 10.0 Å². The van der Waals surface area contributed by atoms with Gasteiger partial charge in [-0.25, -0.2) is 18.4 Å². The maximum atomic E-state index is 13.3. The van der Waals surface area contributed by atoms with Crippen LogP contribution >= 0.6 is 0 Å². The Morgan fingerprint density at radius 3 is 2.33 bits per heavy atom. The lowest BCUT2D eigenvalue weighted by Gasteiger charge is -2.36. The summed E-state index contributed by atoms with van der Waals surface area (Å²) in [5.41, 5.74) is 3.03. The van der Waals surface area contributed by atoms with Gasteiger partial charge in [0.05, 0.1) is 23.1 Å².